The number of aryl methyl sites for hydroxylation is 1. The summed E-state index contributed by atoms with van der Waals surface area (Å²) in [5.74, 6) is 0.664. The summed E-state index contributed by atoms with van der Waals surface area (Å²) in [4.78, 5) is 12.3. The van der Waals surface area contributed by atoms with Crippen LogP contribution in [0.15, 0.2) is 83.1 Å². The first-order chi connectivity index (χ1) is 16.0. The van der Waals surface area contributed by atoms with Gasteiger partial charge >= 0.3 is 0 Å². The van der Waals surface area contributed by atoms with Gasteiger partial charge in [0.15, 0.2) is 11.0 Å². The molecular formula is C24H20ClN5O2S. The van der Waals surface area contributed by atoms with Gasteiger partial charge in [0.25, 0.3) is 5.91 Å². The van der Waals surface area contributed by atoms with Crippen molar-refractivity contribution in [3.05, 3.63) is 88.9 Å². The summed E-state index contributed by atoms with van der Waals surface area (Å²) in [5, 5.41) is 23.2. The lowest BCUT2D eigenvalue weighted by atomic mass is 10.1. The van der Waals surface area contributed by atoms with Crippen LogP contribution in [0.25, 0.3) is 17.1 Å². The van der Waals surface area contributed by atoms with Crippen molar-refractivity contribution >= 4 is 35.5 Å². The van der Waals surface area contributed by atoms with Gasteiger partial charge in [-0.1, -0.05) is 53.2 Å². The molecule has 2 N–H and O–H groups in total. The highest BCUT2D eigenvalue weighted by Crippen LogP contribution is 2.28. The fraction of sp³-hybridized carbons (Fsp3) is 0.0833. The minimum absolute atomic E-state index is 0.104. The van der Waals surface area contributed by atoms with Gasteiger partial charge in [0.05, 0.1) is 12.0 Å². The number of halogens is 1. The van der Waals surface area contributed by atoms with E-state index in [0.29, 0.717) is 16.0 Å². The first-order valence-corrected chi connectivity index (χ1v) is 11.4. The Labute approximate surface area is 200 Å². The molecule has 7 nitrogen and oxygen atoms in total. The van der Waals surface area contributed by atoms with Crippen molar-refractivity contribution in [2.45, 2.75) is 12.1 Å². The fourth-order valence-electron chi connectivity index (χ4n) is 2.98. The number of nitrogens with zero attached hydrogens (tertiary/aromatic N) is 4. The summed E-state index contributed by atoms with van der Waals surface area (Å²) in [5.41, 5.74) is 6.16. The van der Waals surface area contributed by atoms with E-state index in [1.165, 1.54) is 18.0 Å². The number of phenols is 1. The number of carbonyl (C=O) groups is 1. The molecule has 0 unspecified atom stereocenters. The van der Waals surface area contributed by atoms with E-state index < -0.39 is 0 Å². The summed E-state index contributed by atoms with van der Waals surface area (Å²) < 4.78 is 1.90. The Morgan fingerprint density at radius 2 is 1.76 bits per heavy atom. The molecule has 4 aromatic rings. The molecule has 0 aliphatic heterocycles. The highest BCUT2D eigenvalue weighted by Gasteiger charge is 2.17. The van der Waals surface area contributed by atoms with Crippen molar-refractivity contribution in [2.75, 3.05) is 5.75 Å². The summed E-state index contributed by atoms with van der Waals surface area (Å²) in [6.07, 6.45) is 1.51. The second-order valence-electron chi connectivity index (χ2n) is 7.16. The van der Waals surface area contributed by atoms with Crippen molar-refractivity contribution < 1.29 is 9.90 Å². The summed E-state index contributed by atoms with van der Waals surface area (Å²) in [6.45, 7) is 2.03. The minimum atomic E-state index is -0.280. The second-order valence-corrected chi connectivity index (χ2v) is 8.54. The molecule has 0 radical (unpaired) electrons. The lowest BCUT2D eigenvalue weighted by molar-refractivity contribution is -0.118. The molecule has 0 aliphatic carbocycles. The predicted octanol–water partition coefficient (Wildman–Crippen LogP) is 4.84. The fourth-order valence-corrected chi connectivity index (χ4v) is 3.85. The average Bonchev–Trinajstić information content (AvgIpc) is 3.24. The molecule has 0 saturated heterocycles. The van der Waals surface area contributed by atoms with Crippen LogP contribution in [0.3, 0.4) is 0 Å². The molecular weight excluding hydrogens is 458 g/mol. The molecule has 0 aliphatic rings. The molecule has 0 fully saturated rings. The maximum atomic E-state index is 12.3. The summed E-state index contributed by atoms with van der Waals surface area (Å²) in [6, 6.07) is 21.9. The number of aromatic hydroxyl groups is 1. The monoisotopic (exact) mass is 477 g/mol. The lowest BCUT2D eigenvalue weighted by Gasteiger charge is -2.10. The molecule has 1 aromatic heterocycles. The number of amides is 1. The highest BCUT2D eigenvalue weighted by molar-refractivity contribution is 7.99. The first-order valence-electron chi connectivity index (χ1n) is 10.0. The molecule has 1 amide bonds. The van der Waals surface area contributed by atoms with Crippen LogP contribution in [-0.4, -0.2) is 37.7 Å². The number of aromatic nitrogens is 3. The lowest BCUT2D eigenvalue weighted by Crippen LogP contribution is -2.20. The number of carbonyl (C=O) groups excluding carboxylic acids is 1. The average molecular weight is 478 g/mol. The van der Waals surface area contributed by atoms with E-state index in [1.807, 2.05) is 47.9 Å². The Kier molecular flexibility index (Phi) is 7.07. The minimum Gasteiger partial charge on any atom is -0.508 e. The molecule has 1 heterocycles. The number of rotatable bonds is 7. The molecule has 4 rings (SSSR count). The van der Waals surface area contributed by atoms with Gasteiger partial charge < -0.3 is 5.11 Å². The van der Waals surface area contributed by atoms with Crippen molar-refractivity contribution in [2.24, 2.45) is 5.10 Å². The normalized spacial score (nSPS) is 11.1. The SMILES string of the molecule is Cc1ccc(-c2nnc(SCC(=O)N/N=C\c3ccc(O)cc3)n2-c2ccc(Cl)cc2)cc1. The Bertz CT molecular complexity index is 1270. The van der Waals surface area contributed by atoms with Crippen LogP contribution >= 0.6 is 23.4 Å². The van der Waals surface area contributed by atoms with E-state index in [4.69, 9.17) is 11.6 Å². The molecule has 3 aromatic carbocycles. The van der Waals surface area contributed by atoms with E-state index in [1.54, 1.807) is 36.4 Å². The van der Waals surface area contributed by atoms with Crippen LogP contribution in [0.5, 0.6) is 5.75 Å². The van der Waals surface area contributed by atoms with E-state index in [0.717, 1.165) is 22.4 Å². The van der Waals surface area contributed by atoms with Crippen molar-refractivity contribution in [1.29, 1.82) is 0 Å². The molecule has 166 valence electrons. The zero-order chi connectivity index (χ0) is 23.2. The van der Waals surface area contributed by atoms with Crippen LogP contribution in [0, 0.1) is 6.92 Å². The van der Waals surface area contributed by atoms with Crippen LogP contribution < -0.4 is 5.43 Å². The van der Waals surface area contributed by atoms with Gasteiger partial charge in [-0.2, -0.15) is 5.10 Å². The number of phenolic OH excluding ortho intramolecular Hbond substituents is 1. The Hall–Kier alpha value is -3.62. The Morgan fingerprint density at radius 1 is 1.06 bits per heavy atom. The largest absolute Gasteiger partial charge is 0.508 e. The highest BCUT2D eigenvalue weighted by atomic mass is 35.5. The molecule has 0 bridgehead atoms. The van der Waals surface area contributed by atoms with E-state index in [-0.39, 0.29) is 17.4 Å². The quantitative estimate of drug-likeness (QED) is 0.225. The van der Waals surface area contributed by atoms with Gasteiger partial charge in [-0.15, -0.1) is 10.2 Å². The summed E-state index contributed by atoms with van der Waals surface area (Å²) >= 11 is 7.32. The second kappa shape index (κ2) is 10.3. The third-order valence-electron chi connectivity index (χ3n) is 4.66. The van der Waals surface area contributed by atoms with E-state index in [2.05, 4.69) is 20.7 Å². The van der Waals surface area contributed by atoms with Gasteiger partial charge in [-0.25, -0.2) is 5.43 Å². The van der Waals surface area contributed by atoms with Gasteiger partial charge in [0.2, 0.25) is 0 Å². The zero-order valence-corrected chi connectivity index (χ0v) is 19.2. The van der Waals surface area contributed by atoms with Crippen LogP contribution in [0.1, 0.15) is 11.1 Å². The number of nitrogens with one attached hydrogen (secondary N) is 1. The first kappa shape index (κ1) is 22.6. The maximum absolute atomic E-state index is 12.3. The zero-order valence-electron chi connectivity index (χ0n) is 17.6. The van der Waals surface area contributed by atoms with Crippen molar-refractivity contribution in [3.8, 4) is 22.8 Å². The molecule has 9 heteroatoms. The number of benzene rings is 3. The van der Waals surface area contributed by atoms with E-state index >= 15 is 0 Å². The molecule has 0 atom stereocenters. The topological polar surface area (TPSA) is 92.4 Å². The standard InChI is InChI=1S/C24H20ClN5O2S/c1-16-2-6-18(7-3-16)23-28-29-24(30(23)20-10-8-19(25)9-11-20)33-15-22(32)27-26-14-17-4-12-21(31)13-5-17/h2-14,31H,15H2,1H3,(H,27,32)/b26-14-. The van der Waals surface area contributed by atoms with Gasteiger partial charge in [-0.3, -0.25) is 9.36 Å². The molecule has 0 saturated carbocycles. The number of hydrogen-bond donors (Lipinski definition) is 2. The van der Waals surface area contributed by atoms with Crippen LogP contribution in [0.4, 0.5) is 0 Å². The summed E-state index contributed by atoms with van der Waals surface area (Å²) in [7, 11) is 0. The van der Waals surface area contributed by atoms with E-state index in [9.17, 15) is 9.90 Å². The number of hydrogen-bond acceptors (Lipinski definition) is 6. The third kappa shape index (κ3) is 5.79. The van der Waals surface area contributed by atoms with Crippen molar-refractivity contribution in [3.63, 3.8) is 0 Å². The smallest absolute Gasteiger partial charge is 0.250 e. The third-order valence-corrected chi connectivity index (χ3v) is 5.84. The van der Waals surface area contributed by atoms with Crippen LogP contribution in [0.2, 0.25) is 5.02 Å². The van der Waals surface area contributed by atoms with Gasteiger partial charge in [0.1, 0.15) is 5.75 Å². The van der Waals surface area contributed by atoms with Crippen LogP contribution in [-0.2, 0) is 4.79 Å². The van der Waals surface area contributed by atoms with Gasteiger partial charge in [-0.05, 0) is 61.0 Å². The predicted molar refractivity (Wildman–Crippen MR) is 131 cm³/mol. The Balaban J connectivity index is 1.51. The number of hydrazone groups is 1. The number of thioether (sulfide) groups is 1. The maximum Gasteiger partial charge on any atom is 0.250 e. The van der Waals surface area contributed by atoms with Crippen molar-refractivity contribution in [1.82, 2.24) is 20.2 Å². The molecule has 0 spiro atoms. The Morgan fingerprint density at radius 3 is 2.45 bits per heavy atom. The van der Waals surface area contributed by atoms with Gasteiger partial charge in [0, 0.05) is 16.3 Å². The molecule has 33 heavy (non-hydrogen) atoms.